The molecule has 3 aliphatic rings. The minimum atomic E-state index is -0.299. The Morgan fingerprint density at radius 1 is 1.40 bits per heavy atom. The van der Waals surface area contributed by atoms with Gasteiger partial charge in [0.1, 0.15) is 0 Å². The summed E-state index contributed by atoms with van der Waals surface area (Å²) in [6.45, 7) is 6.16. The van der Waals surface area contributed by atoms with Gasteiger partial charge in [0.2, 0.25) is 0 Å². The molecule has 3 aliphatic heterocycles. The van der Waals surface area contributed by atoms with Crippen molar-refractivity contribution in [3.8, 4) is 0 Å². The molecule has 0 amide bonds. The quantitative estimate of drug-likeness (QED) is 0.675. The fourth-order valence-corrected chi connectivity index (χ4v) is 3.50. The third-order valence-electron chi connectivity index (χ3n) is 4.82. The third kappa shape index (κ3) is 2.55. The molecule has 20 heavy (non-hydrogen) atoms. The third-order valence-corrected chi connectivity index (χ3v) is 4.82. The van der Waals surface area contributed by atoms with Gasteiger partial charge in [-0.25, -0.2) is 0 Å². The second-order valence-corrected chi connectivity index (χ2v) is 5.94. The second-order valence-electron chi connectivity index (χ2n) is 5.94. The van der Waals surface area contributed by atoms with Crippen LogP contribution in [0.4, 0.5) is 5.69 Å². The highest BCUT2D eigenvalue weighted by molar-refractivity contribution is 5.44. The highest BCUT2D eigenvalue weighted by Crippen LogP contribution is 2.28. The molecule has 5 heteroatoms. The molecule has 1 aromatic carbocycles. The van der Waals surface area contributed by atoms with Gasteiger partial charge in [-0.3, -0.25) is 10.1 Å². The molecule has 0 spiro atoms. The highest BCUT2D eigenvalue weighted by atomic mass is 16.6. The Morgan fingerprint density at radius 3 is 2.75 bits per heavy atom. The molecule has 0 saturated carbocycles. The predicted octanol–water partition coefficient (Wildman–Crippen LogP) is 2.09. The fourth-order valence-electron chi connectivity index (χ4n) is 3.50. The number of nitrogens with zero attached hydrogens (tertiary/aromatic N) is 2. The van der Waals surface area contributed by atoms with Crippen molar-refractivity contribution >= 4 is 5.69 Å². The number of benzene rings is 1. The molecule has 3 fully saturated rings. The van der Waals surface area contributed by atoms with E-state index in [1.807, 2.05) is 13.0 Å². The minimum Gasteiger partial charge on any atom is -0.308 e. The van der Waals surface area contributed by atoms with Gasteiger partial charge in [0, 0.05) is 30.8 Å². The lowest BCUT2D eigenvalue weighted by atomic mass is 9.84. The topological polar surface area (TPSA) is 58.4 Å². The summed E-state index contributed by atoms with van der Waals surface area (Å²) in [5.74, 6) is 0.777. The van der Waals surface area contributed by atoms with Gasteiger partial charge in [-0.1, -0.05) is 12.1 Å². The number of fused-ring (bicyclic) bond motifs is 3. The number of piperidine rings is 3. The molecular weight excluding hydrogens is 254 g/mol. The fraction of sp³-hybridized carbons (Fsp3) is 0.600. The molecule has 1 N–H and O–H groups in total. The summed E-state index contributed by atoms with van der Waals surface area (Å²) in [6, 6.07) is 5.87. The average Bonchev–Trinajstić information content (AvgIpc) is 2.47. The molecule has 5 nitrogen and oxygen atoms in total. The Morgan fingerprint density at radius 2 is 2.15 bits per heavy atom. The van der Waals surface area contributed by atoms with Crippen molar-refractivity contribution in [2.24, 2.45) is 5.92 Å². The first-order chi connectivity index (χ1) is 9.65. The van der Waals surface area contributed by atoms with Crippen LogP contribution >= 0.6 is 0 Å². The summed E-state index contributed by atoms with van der Waals surface area (Å²) >= 11 is 0. The Bertz CT molecular complexity index is 510. The molecule has 1 unspecified atom stereocenters. The van der Waals surface area contributed by atoms with E-state index >= 15 is 0 Å². The van der Waals surface area contributed by atoms with E-state index in [0.29, 0.717) is 6.04 Å². The largest absolute Gasteiger partial charge is 0.308 e. The van der Waals surface area contributed by atoms with Crippen molar-refractivity contribution in [3.63, 3.8) is 0 Å². The molecule has 1 aromatic rings. The number of nitro benzene ring substituents is 1. The van der Waals surface area contributed by atoms with E-state index in [-0.39, 0.29) is 10.6 Å². The average molecular weight is 275 g/mol. The monoisotopic (exact) mass is 275 g/mol. The van der Waals surface area contributed by atoms with Gasteiger partial charge in [-0.2, -0.15) is 0 Å². The maximum absolute atomic E-state index is 11.0. The molecular formula is C15H21N3O2. The predicted molar refractivity (Wildman–Crippen MR) is 77.6 cm³/mol. The van der Waals surface area contributed by atoms with Gasteiger partial charge < -0.3 is 10.2 Å². The molecule has 1 atom stereocenters. The lowest BCUT2D eigenvalue weighted by molar-refractivity contribution is -0.385. The first-order valence-corrected chi connectivity index (χ1v) is 7.34. The van der Waals surface area contributed by atoms with E-state index in [1.54, 1.807) is 12.1 Å². The maximum Gasteiger partial charge on any atom is 0.272 e. The van der Waals surface area contributed by atoms with Gasteiger partial charge >= 0.3 is 0 Å². The van der Waals surface area contributed by atoms with Gasteiger partial charge in [0.05, 0.1) is 4.92 Å². The second kappa shape index (κ2) is 5.50. The first kappa shape index (κ1) is 13.5. The van der Waals surface area contributed by atoms with Crippen molar-refractivity contribution in [3.05, 3.63) is 39.4 Å². The van der Waals surface area contributed by atoms with Crippen LogP contribution < -0.4 is 5.32 Å². The van der Waals surface area contributed by atoms with Crippen LogP contribution in [0.15, 0.2) is 18.2 Å². The van der Waals surface area contributed by atoms with Crippen LogP contribution in [0.25, 0.3) is 0 Å². The number of hydrogen-bond donors (Lipinski definition) is 1. The van der Waals surface area contributed by atoms with Gasteiger partial charge in [-0.05, 0) is 44.3 Å². The molecule has 2 bridgehead atoms. The van der Waals surface area contributed by atoms with Crippen molar-refractivity contribution < 1.29 is 4.92 Å². The summed E-state index contributed by atoms with van der Waals surface area (Å²) in [5, 5.41) is 14.6. The van der Waals surface area contributed by atoms with Crippen LogP contribution in [-0.4, -0.2) is 35.5 Å². The zero-order valence-electron chi connectivity index (χ0n) is 11.8. The molecule has 0 radical (unpaired) electrons. The number of rotatable bonds is 4. The van der Waals surface area contributed by atoms with Crippen LogP contribution in [0, 0.1) is 23.0 Å². The van der Waals surface area contributed by atoms with Crippen LogP contribution in [0.1, 0.15) is 24.0 Å². The van der Waals surface area contributed by atoms with Crippen LogP contribution in [0.3, 0.4) is 0 Å². The lowest BCUT2D eigenvalue weighted by Crippen LogP contribution is -2.55. The summed E-state index contributed by atoms with van der Waals surface area (Å²) < 4.78 is 0. The number of hydrogen-bond acceptors (Lipinski definition) is 4. The van der Waals surface area contributed by atoms with Crippen LogP contribution in [-0.2, 0) is 6.54 Å². The number of nitrogens with one attached hydrogen (secondary N) is 1. The lowest BCUT2D eigenvalue weighted by Gasteiger charge is -2.45. The van der Waals surface area contributed by atoms with E-state index < -0.39 is 0 Å². The van der Waals surface area contributed by atoms with E-state index in [1.165, 1.54) is 25.9 Å². The van der Waals surface area contributed by atoms with Crippen molar-refractivity contribution in [1.29, 1.82) is 0 Å². The minimum absolute atomic E-state index is 0.221. The van der Waals surface area contributed by atoms with Gasteiger partial charge in [0.25, 0.3) is 5.69 Å². The molecule has 108 valence electrons. The Balaban J connectivity index is 1.67. The Hall–Kier alpha value is -1.46. The summed E-state index contributed by atoms with van der Waals surface area (Å²) in [6.07, 6.45) is 2.57. The van der Waals surface area contributed by atoms with Gasteiger partial charge in [0.15, 0.2) is 0 Å². The van der Waals surface area contributed by atoms with E-state index in [4.69, 9.17) is 0 Å². The Labute approximate surface area is 119 Å². The van der Waals surface area contributed by atoms with Crippen molar-refractivity contribution in [2.75, 3.05) is 19.6 Å². The molecule has 3 heterocycles. The SMILES string of the molecule is Cc1c(CNC2CN3CCC2CC3)cccc1[N+](=O)[O-]. The normalized spacial score (nSPS) is 28.6. The standard InChI is InChI=1S/C15H21N3O2/c1-11-13(3-2-4-15(11)18(19)20)9-16-14-10-17-7-5-12(14)6-8-17/h2-4,12,14,16H,5-10H2,1H3. The van der Waals surface area contributed by atoms with E-state index in [2.05, 4.69) is 10.2 Å². The highest BCUT2D eigenvalue weighted by Gasteiger charge is 2.33. The Kier molecular flexibility index (Phi) is 3.72. The molecule has 4 rings (SSSR count). The van der Waals surface area contributed by atoms with E-state index in [0.717, 1.165) is 30.1 Å². The van der Waals surface area contributed by atoms with Crippen molar-refractivity contribution in [1.82, 2.24) is 10.2 Å². The van der Waals surface area contributed by atoms with Crippen molar-refractivity contribution in [2.45, 2.75) is 32.4 Å². The van der Waals surface area contributed by atoms with E-state index in [9.17, 15) is 10.1 Å². The maximum atomic E-state index is 11.0. The molecule has 3 saturated heterocycles. The van der Waals surface area contributed by atoms with Crippen LogP contribution in [0.2, 0.25) is 0 Å². The molecule has 0 aliphatic carbocycles. The summed E-state index contributed by atoms with van der Waals surface area (Å²) in [5.41, 5.74) is 2.04. The zero-order valence-corrected chi connectivity index (χ0v) is 11.8. The zero-order chi connectivity index (χ0) is 14.1. The van der Waals surface area contributed by atoms with Gasteiger partial charge in [-0.15, -0.1) is 0 Å². The number of nitro groups is 1. The molecule has 0 aromatic heterocycles. The summed E-state index contributed by atoms with van der Waals surface area (Å²) in [4.78, 5) is 13.2. The smallest absolute Gasteiger partial charge is 0.272 e. The van der Waals surface area contributed by atoms with Crippen LogP contribution in [0.5, 0.6) is 0 Å². The first-order valence-electron chi connectivity index (χ1n) is 7.34. The summed E-state index contributed by atoms with van der Waals surface area (Å²) in [7, 11) is 0.